The van der Waals surface area contributed by atoms with Crippen LogP contribution >= 0.6 is 11.6 Å². The van der Waals surface area contributed by atoms with Gasteiger partial charge in [0.05, 0.1) is 0 Å². The van der Waals surface area contributed by atoms with Crippen molar-refractivity contribution >= 4 is 23.2 Å². The summed E-state index contributed by atoms with van der Waals surface area (Å²) in [5.41, 5.74) is 1.15. The molecule has 1 aliphatic heterocycles. The number of piperazine rings is 1. The molecule has 3 nitrogen and oxygen atoms in total. The summed E-state index contributed by atoms with van der Waals surface area (Å²) < 4.78 is 0. The van der Waals surface area contributed by atoms with Gasteiger partial charge in [0.15, 0.2) is 0 Å². The Hall–Kier alpha value is -1.22. The maximum atomic E-state index is 12.1. The first kappa shape index (κ1) is 15.2. The van der Waals surface area contributed by atoms with Crippen LogP contribution in [0.5, 0.6) is 0 Å². The number of benzene rings is 1. The van der Waals surface area contributed by atoms with Gasteiger partial charge >= 0.3 is 0 Å². The number of nitrogens with zero attached hydrogens (tertiary/aromatic N) is 2. The first-order chi connectivity index (χ1) is 9.70. The second-order valence-electron chi connectivity index (χ2n) is 5.30. The third-order valence-electron chi connectivity index (χ3n) is 3.80. The fourth-order valence-electron chi connectivity index (χ4n) is 2.57. The monoisotopic (exact) mass is 294 g/mol. The fraction of sp³-hybridized carbons (Fsp3) is 0.562. The Kier molecular flexibility index (Phi) is 5.72. The van der Waals surface area contributed by atoms with E-state index in [1.165, 1.54) is 0 Å². The average Bonchev–Trinajstić information content (AvgIpc) is 2.47. The summed E-state index contributed by atoms with van der Waals surface area (Å²) in [6.45, 7) is 5.57. The number of anilines is 1. The molecule has 0 aliphatic carbocycles. The van der Waals surface area contributed by atoms with Crippen LogP contribution in [0.4, 0.5) is 5.69 Å². The van der Waals surface area contributed by atoms with Crippen LogP contribution in [-0.4, -0.2) is 37.0 Å². The molecule has 0 radical (unpaired) electrons. The Morgan fingerprint density at radius 2 is 1.95 bits per heavy atom. The van der Waals surface area contributed by atoms with Crippen molar-refractivity contribution in [3.05, 3.63) is 29.3 Å². The molecule has 1 heterocycles. The highest BCUT2D eigenvalue weighted by molar-refractivity contribution is 6.30. The van der Waals surface area contributed by atoms with Crippen molar-refractivity contribution in [2.75, 3.05) is 31.1 Å². The number of carbonyl (C=O) groups is 1. The minimum atomic E-state index is 0.309. The number of hydrogen-bond acceptors (Lipinski definition) is 2. The minimum Gasteiger partial charge on any atom is -0.368 e. The van der Waals surface area contributed by atoms with Crippen molar-refractivity contribution in [2.45, 2.75) is 32.6 Å². The lowest BCUT2D eigenvalue weighted by Crippen LogP contribution is -2.48. The average molecular weight is 295 g/mol. The molecule has 1 amide bonds. The van der Waals surface area contributed by atoms with Gasteiger partial charge in [-0.2, -0.15) is 0 Å². The lowest BCUT2D eigenvalue weighted by atomic mass is 10.1. The van der Waals surface area contributed by atoms with E-state index in [4.69, 9.17) is 11.6 Å². The number of rotatable bonds is 5. The number of halogens is 1. The van der Waals surface area contributed by atoms with Crippen LogP contribution in [0.2, 0.25) is 5.02 Å². The summed E-state index contributed by atoms with van der Waals surface area (Å²) in [6.07, 6.45) is 4.03. The van der Waals surface area contributed by atoms with Crippen LogP contribution in [0, 0.1) is 0 Å². The van der Waals surface area contributed by atoms with Gasteiger partial charge in [-0.15, -0.1) is 0 Å². The Morgan fingerprint density at radius 3 is 2.60 bits per heavy atom. The predicted octanol–water partition coefficient (Wildman–Crippen LogP) is 3.57. The molecule has 0 aromatic heterocycles. The third kappa shape index (κ3) is 4.14. The normalized spacial score (nSPS) is 15.5. The van der Waals surface area contributed by atoms with E-state index >= 15 is 0 Å². The van der Waals surface area contributed by atoms with Crippen molar-refractivity contribution in [1.29, 1.82) is 0 Å². The minimum absolute atomic E-state index is 0.309. The van der Waals surface area contributed by atoms with Crippen molar-refractivity contribution in [2.24, 2.45) is 0 Å². The molecule has 4 heteroatoms. The highest BCUT2D eigenvalue weighted by Crippen LogP contribution is 2.21. The van der Waals surface area contributed by atoms with Gasteiger partial charge in [0, 0.05) is 43.3 Å². The molecular weight excluding hydrogens is 272 g/mol. The molecule has 2 rings (SSSR count). The Labute approximate surface area is 126 Å². The van der Waals surface area contributed by atoms with Gasteiger partial charge in [0.2, 0.25) is 5.91 Å². The molecule has 0 spiro atoms. The topological polar surface area (TPSA) is 23.6 Å². The smallest absolute Gasteiger partial charge is 0.222 e. The van der Waals surface area contributed by atoms with Crippen molar-refractivity contribution < 1.29 is 4.79 Å². The summed E-state index contributed by atoms with van der Waals surface area (Å²) in [4.78, 5) is 16.3. The number of carbonyl (C=O) groups excluding carboxylic acids is 1. The van der Waals surface area contributed by atoms with E-state index < -0.39 is 0 Å². The van der Waals surface area contributed by atoms with Crippen LogP contribution in [-0.2, 0) is 4.79 Å². The molecule has 110 valence electrons. The van der Waals surface area contributed by atoms with E-state index in [1.807, 2.05) is 23.1 Å². The van der Waals surface area contributed by atoms with Gasteiger partial charge in [0.1, 0.15) is 0 Å². The highest BCUT2D eigenvalue weighted by atomic mass is 35.5. The summed E-state index contributed by atoms with van der Waals surface area (Å²) in [7, 11) is 0. The zero-order chi connectivity index (χ0) is 14.4. The molecule has 1 aromatic rings. The maximum Gasteiger partial charge on any atom is 0.222 e. The SMILES string of the molecule is CCCCCC(=O)N1CCN(c2cccc(Cl)c2)CC1. The molecule has 0 unspecified atom stereocenters. The Morgan fingerprint density at radius 1 is 1.20 bits per heavy atom. The standard InChI is InChI=1S/C16H23ClN2O/c1-2-3-4-8-16(20)19-11-9-18(10-12-19)15-7-5-6-14(17)13-15/h5-7,13H,2-4,8-12H2,1H3. The van der Waals surface area contributed by atoms with Crippen LogP contribution in [0.25, 0.3) is 0 Å². The van der Waals surface area contributed by atoms with E-state index in [-0.39, 0.29) is 0 Å². The first-order valence-electron chi connectivity index (χ1n) is 7.49. The molecular formula is C16H23ClN2O. The number of unbranched alkanes of at least 4 members (excludes halogenated alkanes) is 2. The molecule has 0 bridgehead atoms. The largest absolute Gasteiger partial charge is 0.368 e. The second kappa shape index (κ2) is 7.53. The molecule has 0 N–H and O–H groups in total. The number of hydrogen-bond donors (Lipinski definition) is 0. The van der Waals surface area contributed by atoms with E-state index in [1.54, 1.807) is 0 Å². The Balaban J connectivity index is 1.81. The zero-order valence-corrected chi connectivity index (χ0v) is 12.9. The van der Waals surface area contributed by atoms with Crippen molar-refractivity contribution in [3.63, 3.8) is 0 Å². The molecule has 1 aliphatic rings. The highest BCUT2D eigenvalue weighted by Gasteiger charge is 2.20. The van der Waals surface area contributed by atoms with Gasteiger partial charge in [-0.1, -0.05) is 37.4 Å². The Bertz CT molecular complexity index is 442. The molecule has 20 heavy (non-hydrogen) atoms. The van der Waals surface area contributed by atoms with E-state index in [9.17, 15) is 4.79 Å². The molecule has 1 aromatic carbocycles. The molecule has 1 fully saturated rings. The van der Waals surface area contributed by atoms with Crippen LogP contribution in [0.15, 0.2) is 24.3 Å². The summed E-state index contributed by atoms with van der Waals surface area (Å²) >= 11 is 6.02. The predicted molar refractivity (Wildman–Crippen MR) is 84.4 cm³/mol. The van der Waals surface area contributed by atoms with Gasteiger partial charge in [-0.25, -0.2) is 0 Å². The zero-order valence-electron chi connectivity index (χ0n) is 12.1. The van der Waals surface area contributed by atoms with Gasteiger partial charge < -0.3 is 9.80 Å². The molecule has 0 saturated carbocycles. The van der Waals surface area contributed by atoms with Gasteiger partial charge in [-0.3, -0.25) is 4.79 Å². The quantitative estimate of drug-likeness (QED) is 0.775. The summed E-state index contributed by atoms with van der Waals surface area (Å²) in [6, 6.07) is 7.92. The second-order valence-corrected chi connectivity index (χ2v) is 5.74. The van der Waals surface area contributed by atoms with Crippen LogP contribution in [0.3, 0.4) is 0 Å². The lowest BCUT2D eigenvalue weighted by Gasteiger charge is -2.36. The fourth-order valence-corrected chi connectivity index (χ4v) is 2.76. The third-order valence-corrected chi connectivity index (χ3v) is 4.04. The summed E-state index contributed by atoms with van der Waals surface area (Å²) in [5.74, 6) is 0.309. The van der Waals surface area contributed by atoms with Crippen molar-refractivity contribution in [3.8, 4) is 0 Å². The van der Waals surface area contributed by atoms with E-state index in [0.29, 0.717) is 12.3 Å². The van der Waals surface area contributed by atoms with Crippen LogP contribution in [0.1, 0.15) is 32.6 Å². The first-order valence-corrected chi connectivity index (χ1v) is 7.87. The molecule has 1 saturated heterocycles. The van der Waals surface area contributed by atoms with E-state index in [0.717, 1.165) is 56.2 Å². The number of amides is 1. The lowest BCUT2D eigenvalue weighted by molar-refractivity contribution is -0.131. The van der Waals surface area contributed by atoms with E-state index in [2.05, 4.69) is 17.9 Å². The van der Waals surface area contributed by atoms with Crippen molar-refractivity contribution in [1.82, 2.24) is 4.90 Å². The molecule has 0 atom stereocenters. The summed E-state index contributed by atoms with van der Waals surface area (Å²) in [5, 5.41) is 0.764. The van der Waals surface area contributed by atoms with Gasteiger partial charge in [0.25, 0.3) is 0 Å². The van der Waals surface area contributed by atoms with Gasteiger partial charge in [-0.05, 0) is 24.6 Å². The maximum absolute atomic E-state index is 12.1. The van der Waals surface area contributed by atoms with Crippen LogP contribution < -0.4 is 4.90 Å².